The lowest BCUT2D eigenvalue weighted by atomic mass is 9.98. The first-order valence-corrected chi connectivity index (χ1v) is 24.2. The topological polar surface area (TPSA) is 214 Å². The molecule has 11 atom stereocenters. The molecule has 14 nitrogen and oxygen atoms in total. The summed E-state index contributed by atoms with van der Waals surface area (Å²) >= 11 is 0. The average molecular weight is 921 g/mol. The minimum absolute atomic E-state index is 0.0215. The fourth-order valence-electron chi connectivity index (χ4n) is 6.94. The summed E-state index contributed by atoms with van der Waals surface area (Å²) in [5.41, 5.74) is 0. The Kier molecular flexibility index (Phi) is 34.2. The van der Waals surface area contributed by atoms with Crippen LogP contribution in [0.15, 0.2) is 85.1 Å². The van der Waals surface area contributed by atoms with Gasteiger partial charge in [0.05, 0.1) is 26.4 Å². The summed E-state index contributed by atoms with van der Waals surface area (Å²) in [5.74, 6) is -0.465. The molecule has 11 unspecified atom stereocenters. The van der Waals surface area contributed by atoms with E-state index in [0.717, 1.165) is 77.0 Å². The lowest BCUT2D eigenvalue weighted by Gasteiger charge is -2.42. The van der Waals surface area contributed by atoms with Crippen LogP contribution in [0, 0.1) is 0 Å². The van der Waals surface area contributed by atoms with Crippen LogP contribution in [0.1, 0.15) is 129 Å². The minimum atomic E-state index is -1.72. The molecule has 0 aliphatic carbocycles. The summed E-state index contributed by atoms with van der Waals surface area (Å²) in [5, 5.41) is 72.0. The fourth-order valence-corrected chi connectivity index (χ4v) is 6.94. The van der Waals surface area contributed by atoms with Crippen molar-refractivity contribution in [1.82, 2.24) is 0 Å². The number of unbranched alkanes of at least 4 members (excludes halogenated alkanes) is 8. The number of aliphatic hydroxyl groups excluding tert-OH is 7. The number of ether oxygens (including phenoxy) is 6. The first kappa shape index (κ1) is 58.3. The smallest absolute Gasteiger partial charge is 0.306 e. The quantitative estimate of drug-likeness (QED) is 0.0203. The molecule has 0 amide bonds. The predicted octanol–water partition coefficient (Wildman–Crippen LogP) is 6.51. The van der Waals surface area contributed by atoms with E-state index < -0.39 is 86.7 Å². The molecule has 65 heavy (non-hydrogen) atoms. The molecule has 0 aromatic heterocycles. The molecule has 2 heterocycles. The third kappa shape index (κ3) is 26.3. The van der Waals surface area contributed by atoms with Gasteiger partial charge in [-0.1, -0.05) is 137 Å². The zero-order valence-corrected chi connectivity index (χ0v) is 39.2. The fraction of sp³-hybridized carbons (Fsp3) is 0.706. The molecule has 2 aliphatic rings. The lowest BCUT2D eigenvalue weighted by Crippen LogP contribution is -2.61. The standard InChI is InChI=1S/C51H84O14/c1-3-5-7-9-11-13-15-17-18-19-20-21-22-23-24-26-28-30-32-34-43(53)63-40(37-60-35-33-31-29-27-25-16-14-12-10-8-6-4-2)38-61-50-49(59)47(57)45(55)42(65-50)39-62-51-48(58)46(56)44(54)41(36-52)64-51/h5,7,10-13,17-18,20-21,23-24,28,30,40-42,44-52,54-59H,3-4,6,8-9,14-16,19,22,25-27,29,31-39H2,1-2H3/b7-5-,12-10-,13-11-,18-17-,21-20-,24-23-,30-28-. The molecule has 0 radical (unpaired) electrons. The SMILES string of the molecule is CC/C=C\C/C=C\C/C=C\C/C=C\C/C=C\C/C=C\CCC(=O)OC(COCCCCCCCC/C=C\CCCC)COC1OC(COC2OC(CO)C(O)C(O)C2O)C(O)C(O)C1O. The summed E-state index contributed by atoms with van der Waals surface area (Å²) in [6.45, 7) is 3.39. The van der Waals surface area contributed by atoms with Gasteiger partial charge in [-0.25, -0.2) is 0 Å². The second-order valence-electron chi connectivity index (χ2n) is 16.5. The molecule has 0 spiro atoms. The number of hydrogen-bond acceptors (Lipinski definition) is 14. The molecular weight excluding hydrogens is 837 g/mol. The van der Waals surface area contributed by atoms with E-state index in [1.54, 1.807) is 0 Å². The van der Waals surface area contributed by atoms with Gasteiger partial charge in [0, 0.05) is 13.0 Å². The van der Waals surface area contributed by atoms with Crippen molar-refractivity contribution in [3.8, 4) is 0 Å². The van der Waals surface area contributed by atoms with Gasteiger partial charge >= 0.3 is 5.97 Å². The molecule has 0 aromatic rings. The molecular formula is C51H84O14. The Morgan fingerprint density at radius 2 is 1.00 bits per heavy atom. The highest BCUT2D eigenvalue weighted by atomic mass is 16.7. The molecule has 7 N–H and O–H groups in total. The van der Waals surface area contributed by atoms with Crippen molar-refractivity contribution in [1.29, 1.82) is 0 Å². The van der Waals surface area contributed by atoms with E-state index in [1.165, 1.54) is 25.7 Å². The summed E-state index contributed by atoms with van der Waals surface area (Å²) in [4.78, 5) is 12.9. The molecule has 14 heteroatoms. The van der Waals surface area contributed by atoms with Crippen molar-refractivity contribution >= 4 is 5.97 Å². The highest BCUT2D eigenvalue weighted by Gasteiger charge is 2.47. The van der Waals surface area contributed by atoms with Crippen molar-refractivity contribution in [3.05, 3.63) is 85.1 Å². The molecule has 2 rings (SSSR count). The number of allylic oxidation sites excluding steroid dienone is 14. The Hall–Kier alpha value is -2.83. The van der Waals surface area contributed by atoms with E-state index in [0.29, 0.717) is 13.0 Å². The molecule has 2 fully saturated rings. The van der Waals surface area contributed by atoms with E-state index in [-0.39, 0.29) is 19.6 Å². The van der Waals surface area contributed by atoms with Gasteiger partial charge in [0.15, 0.2) is 12.6 Å². The van der Waals surface area contributed by atoms with Crippen LogP contribution in [0.25, 0.3) is 0 Å². The highest BCUT2D eigenvalue weighted by molar-refractivity contribution is 5.69. The highest BCUT2D eigenvalue weighted by Crippen LogP contribution is 2.26. The molecule has 0 aromatic carbocycles. The Bertz CT molecular complexity index is 1390. The van der Waals surface area contributed by atoms with E-state index >= 15 is 0 Å². The third-order valence-corrected chi connectivity index (χ3v) is 10.9. The molecule has 2 aliphatic heterocycles. The van der Waals surface area contributed by atoms with E-state index in [9.17, 15) is 40.5 Å². The summed E-state index contributed by atoms with van der Waals surface area (Å²) < 4.78 is 34.1. The zero-order chi connectivity index (χ0) is 47.3. The average Bonchev–Trinajstić information content (AvgIpc) is 3.30. The minimum Gasteiger partial charge on any atom is -0.457 e. The molecule has 0 bridgehead atoms. The van der Waals surface area contributed by atoms with Crippen LogP contribution in [-0.4, -0.2) is 142 Å². The first-order chi connectivity index (χ1) is 31.6. The zero-order valence-electron chi connectivity index (χ0n) is 39.2. The van der Waals surface area contributed by atoms with Gasteiger partial charge in [0.25, 0.3) is 0 Å². The molecule has 0 saturated carbocycles. The van der Waals surface area contributed by atoms with Gasteiger partial charge in [-0.15, -0.1) is 0 Å². The van der Waals surface area contributed by atoms with Gasteiger partial charge in [0.1, 0.15) is 54.9 Å². The van der Waals surface area contributed by atoms with Gasteiger partial charge in [0.2, 0.25) is 0 Å². The molecule has 2 saturated heterocycles. The first-order valence-electron chi connectivity index (χ1n) is 24.2. The maximum absolute atomic E-state index is 12.9. The molecule has 372 valence electrons. The Morgan fingerprint density at radius 1 is 0.523 bits per heavy atom. The predicted molar refractivity (Wildman–Crippen MR) is 251 cm³/mol. The normalized spacial score (nSPS) is 27.3. The van der Waals surface area contributed by atoms with Crippen LogP contribution >= 0.6 is 0 Å². The van der Waals surface area contributed by atoms with Crippen molar-refractivity contribution < 1.29 is 69.0 Å². The van der Waals surface area contributed by atoms with E-state index in [4.69, 9.17) is 28.4 Å². The van der Waals surface area contributed by atoms with Crippen LogP contribution in [-0.2, 0) is 33.2 Å². The van der Waals surface area contributed by atoms with E-state index in [1.807, 2.05) is 12.2 Å². The van der Waals surface area contributed by atoms with Gasteiger partial charge in [-0.05, 0) is 70.6 Å². The summed E-state index contributed by atoms with van der Waals surface area (Å²) in [7, 11) is 0. The van der Waals surface area contributed by atoms with Gasteiger partial charge in [-0.2, -0.15) is 0 Å². The van der Waals surface area contributed by atoms with Crippen molar-refractivity contribution in [2.45, 2.75) is 197 Å². The number of carbonyl (C=O) groups excluding carboxylic acids is 1. The maximum atomic E-state index is 12.9. The van der Waals surface area contributed by atoms with Crippen molar-refractivity contribution in [3.63, 3.8) is 0 Å². The third-order valence-electron chi connectivity index (χ3n) is 10.9. The van der Waals surface area contributed by atoms with Gasteiger partial charge < -0.3 is 64.2 Å². The lowest BCUT2D eigenvalue weighted by molar-refractivity contribution is -0.332. The van der Waals surface area contributed by atoms with Crippen molar-refractivity contribution in [2.24, 2.45) is 0 Å². The Morgan fingerprint density at radius 3 is 1.57 bits per heavy atom. The Labute approximate surface area is 389 Å². The second-order valence-corrected chi connectivity index (χ2v) is 16.5. The summed E-state index contributed by atoms with van der Waals surface area (Å²) in [6.07, 6.45) is 30.9. The number of aliphatic hydroxyl groups is 7. The number of carbonyl (C=O) groups is 1. The number of esters is 1. The van der Waals surface area contributed by atoms with Gasteiger partial charge in [-0.3, -0.25) is 4.79 Å². The summed E-state index contributed by atoms with van der Waals surface area (Å²) in [6, 6.07) is 0. The number of rotatable bonds is 36. The Balaban J connectivity index is 1.83. The van der Waals surface area contributed by atoms with E-state index in [2.05, 4.69) is 86.8 Å². The van der Waals surface area contributed by atoms with Crippen molar-refractivity contribution in [2.75, 3.05) is 33.0 Å². The maximum Gasteiger partial charge on any atom is 0.306 e. The number of hydrogen-bond donors (Lipinski definition) is 7. The van der Waals surface area contributed by atoms with Crippen LogP contribution in [0.3, 0.4) is 0 Å². The van der Waals surface area contributed by atoms with Crippen LogP contribution in [0.4, 0.5) is 0 Å². The monoisotopic (exact) mass is 921 g/mol. The van der Waals surface area contributed by atoms with Crippen LogP contribution in [0.2, 0.25) is 0 Å². The largest absolute Gasteiger partial charge is 0.457 e. The van der Waals surface area contributed by atoms with Crippen LogP contribution < -0.4 is 0 Å². The van der Waals surface area contributed by atoms with Crippen LogP contribution in [0.5, 0.6) is 0 Å². The second kappa shape index (κ2) is 38.2.